The van der Waals surface area contributed by atoms with E-state index in [4.69, 9.17) is 52.1 Å². The van der Waals surface area contributed by atoms with Gasteiger partial charge in [-0.05, 0) is 78.2 Å². The van der Waals surface area contributed by atoms with Gasteiger partial charge in [-0.15, -0.1) is 6.58 Å². The van der Waals surface area contributed by atoms with Gasteiger partial charge in [-0.1, -0.05) is 82.8 Å². The summed E-state index contributed by atoms with van der Waals surface area (Å²) in [5, 5.41) is 21.1. The number of halogens is 4. The number of nitrogens with zero attached hydrogens (tertiary/aromatic N) is 4. The zero-order valence-electron chi connectivity index (χ0n) is 32.2. The van der Waals surface area contributed by atoms with E-state index < -0.39 is 6.10 Å². The van der Waals surface area contributed by atoms with Crippen LogP contribution in [0.25, 0.3) is 49.7 Å². The molecular weight excluding hydrogens is 1050 g/mol. The second-order valence-corrected chi connectivity index (χ2v) is 15.1. The minimum absolute atomic E-state index is 0. The summed E-state index contributed by atoms with van der Waals surface area (Å²) in [6.45, 7) is 7.82. The number of H-pyrrole nitrogens is 2. The largest absolute Gasteiger partial charge is 0.383 e. The van der Waals surface area contributed by atoms with E-state index in [-0.39, 0.29) is 55.2 Å². The maximum atomic E-state index is 12.9. The Morgan fingerprint density at radius 2 is 1.20 bits per heavy atom. The molecule has 4 heterocycles. The van der Waals surface area contributed by atoms with Crippen molar-refractivity contribution in [3.63, 3.8) is 0 Å². The molecule has 0 aliphatic carbocycles. The Bertz CT molecular complexity index is 3060. The molecule has 0 aliphatic rings. The molecule has 0 saturated carbocycles. The molecule has 0 fully saturated rings. The summed E-state index contributed by atoms with van der Waals surface area (Å²) in [6.07, 6.45) is 4.06. The fraction of sp³-hybridized carbons (Fsp3) is 0.143. The first-order chi connectivity index (χ1) is 27.7. The summed E-state index contributed by atoms with van der Waals surface area (Å²) < 4.78 is 3.62. The molecule has 17 heteroatoms. The van der Waals surface area contributed by atoms with Gasteiger partial charge < -0.3 is 40.6 Å². The molecule has 299 valence electrons. The minimum atomic E-state index is -0.950. The molecule has 0 bridgehead atoms. The second-order valence-electron chi connectivity index (χ2n) is 13.4. The van der Waals surface area contributed by atoms with Crippen molar-refractivity contribution >= 4 is 119 Å². The SMILES string of the molecule is C=CC(O)c1[nH]c(=O)c2c(ccc3nc(Nc4c(Cl)cccc4Cl)n(C)c32)c1C.Cc1c(/C=C/CN)[nH]c(=O)c2c1ccc1nc(Nc3c(Cl)cccc3Cl)n(C)c12.[Ac]. The molecule has 0 spiro atoms. The predicted octanol–water partition coefficient (Wildman–Crippen LogP) is 9.74. The third-order valence-electron chi connectivity index (χ3n) is 9.98. The number of aryl methyl sites for hydroxylation is 4. The van der Waals surface area contributed by atoms with Crippen molar-refractivity contribution in [3.8, 4) is 0 Å². The fourth-order valence-corrected chi connectivity index (χ4v) is 7.97. The van der Waals surface area contributed by atoms with Crippen LogP contribution in [0.1, 0.15) is 28.6 Å². The summed E-state index contributed by atoms with van der Waals surface area (Å²) in [6, 6.07) is 18.0. The van der Waals surface area contributed by atoms with Crippen molar-refractivity contribution in [2.45, 2.75) is 20.0 Å². The van der Waals surface area contributed by atoms with Crippen LogP contribution in [0, 0.1) is 57.9 Å². The normalized spacial score (nSPS) is 11.9. The van der Waals surface area contributed by atoms with Crippen molar-refractivity contribution in [2.24, 2.45) is 19.8 Å². The van der Waals surface area contributed by atoms with E-state index in [9.17, 15) is 14.7 Å². The van der Waals surface area contributed by atoms with E-state index in [0.717, 1.165) is 33.1 Å². The quantitative estimate of drug-likeness (QED) is 0.0817. The third kappa shape index (κ3) is 8.32. The molecule has 0 amide bonds. The van der Waals surface area contributed by atoms with Crippen LogP contribution in [-0.2, 0) is 14.1 Å². The number of aliphatic hydroxyl groups is 1. The van der Waals surface area contributed by atoms with E-state index in [1.54, 1.807) is 41.0 Å². The number of imidazole rings is 2. The van der Waals surface area contributed by atoms with Crippen LogP contribution >= 0.6 is 46.4 Å². The zero-order valence-corrected chi connectivity index (χ0v) is 40.0. The number of nitrogens with two attached hydrogens (primary N) is 1. The number of rotatable bonds is 8. The van der Waals surface area contributed by atoms with E-state index >= 15 is 0 Å². The molecule has 4 aromatic heterocycles. The van der Waals surface area contributed by atoms with Gasteiger partial charge in [0.15, 0.2) is 0 Å². The summed E-state index contributed by atoms with van der Waals surface area (Å²) in [5.41, 5.74) is 11.8. The van der Waals surface area contributed by atoms with Gasteiger partial charge in [-0.2, -0.15) is 0 Å². The molecule has 0 saturated heterocycles. The number of benzene rings is 4. The smallest absolute Gasteiger partial charge is 0.258 e. The molecule has 1 unspecified atom stereocenters. The van der Waals surface area contributed by atoms with Gasteiger partial charge in [0.05, 0.1) is 70.0 Å². The second kappa shape index (κ2) is 18.2. The molecule has 4 aromatic carbocycles. The van der Waals surface area contributed by atoms with Crippen LogP contribution in [0.2, 0.25) is 20.1 Å². The number of aliphatic hydroxyl groups excluding tert-OH is 1. The fourth-order valence-electron chi connectivity index (χ4n) is 6.99. The first-order valence-electron chi connectivity index (χ1n) is 17.9. The van der Waals surface area contributed by atoms with Crippen LogP contribution in [0.15, 0.2) is 89.0 Å². The number of hydrogen-bond acceptors (Lipinski definition) is 8. The van der Waals surface area contributed by atoms with Crippen molar-refractivity contribution in [3.05, 3.63) is 143 Å². The number of pyridine rings is 2. The van der Waals surface area contributed by atoms with Crippen molar-refractivity contribution < 1.29 is 49.2 Å². The maximum Gasteiger partial charge on any atom is 0.258 e. The number of nitrogens with one attached hydrogen (secondary N) is 4. The van der Waals surface area contributed by atoms with Gasteiger partial charge in [0.2, 0.25) is 11.9 Å². The van der Waals surface area contributed by atoms with E-state index in [1.165, 1.54) is 6.08 Å². The zero-order chi connectivity index (χ0) is 41.6. The number of hydrogen-bond donors (Lipinski definition) is 6. The van der Waals surface area contributed by atoms with Crippen molar-refractivity contribution in [1.82, 2.24) is 29.1 Å². The van der Waals surface area contributed by atoms with Gasteiger partial charge in [0.25, 0.3) is 11.1 Å². The average molecular weight is 1080 g/mol. The van der Waals surface area contributed by atoms with E-state index in [1.807, 2.05) is 68.9 Å². The first kappa shape index (κ1) is 44.4. The summed E-state index contributed by atoms with van der Waals surface area (Å²) in [5.74, 6) is 1.03. The van der Waals surface area contributed by atoms with Crippen LogP contribution in [0.5, 0.6) is 0 Å². The Balaban J connectivity index is 0.000000195. The Hall–Kier alpha value is -4.16. The number of aromatic amines is 2. The molecule has 12 nitrogen and oxygen atoms in total. The molecule has 1 radical (unpaired) electrons. The molecule has 7 N–H and O–H groups in total. The van der Waals surface area contributed by atoms with Crippen molar-refractivity contribution in [1.29, 1.82) is 0 Å². The molecular formula is C42H37AcCl4N9O3. The molecule has 8 aromatic rings. The van der Waals surface area contributed by atoms with Gasteiger partial charge in [-0.3, -0.25) is 9.59 Å². The summed E-state index contributed by atoms with van der Waals surface area (Å²) in [4.78, 5) is 40.8. The van der Waals surface area contributed by atoms with Crippen LogP contribution in [0.3, 0.4) is 0 Å². The average Bonchev–Trinajstić information content (AvgIpc) is 3.70. The summed E-state index contributed by atoms with van der Waals surface area (Å²) >= 11 is 25.1. The van der Waals surface area contributed by atoms with Gasteiger partial charge >= 0.3 is 0 Å². The first-order valence-corrected chi connectivity index (χ1v) is 19.4. The van der Waals surface area contributed by atoms with E-state index in [0.29, 0.717) is 82.9 Å². The van der Waals surface area contributed by atoms with E-state index in [2.05, 4.69) is 37.1 Å². The van der Waals surface area contributed by atoms with Gasteiger partial charge in [0.1, 0.15) is 6.10 Å². The number of aromatic nitrogens is 6. The van der Waals surface area contributed by atoms with Gasteiger partial charge in [0, 0.05) is 70.4 Å². The Morgan fingerprint density at radius 1 is 0.763 bits per heavy atom. The Morgan fingerprint density at radius 3 is 1.64 bits per heavy atom. The summed E-state index contributed by atoms with van der Waals surface area (Å²) in [7, 11) is 3.65. The Kier molecular flexibility index (Phi) is 13.7. The monoisotopic (exact) mass is 1080 g/mol. The molecule has 0 aliphatic heterocycles. The number of para-hydroxylation sites is 2. The number of fused-ring (bicyclic) bond motifs is 6. The van der Waals surface area contributed by atoms with Crippen LogP contribution < -0.4 is 27.5 Å². The third-order valence-corrected chi connectivity index (χ3v) is 11.2. The molecule has 8 rings (SSSR count). The van der Waals surface area contributed by atoms with Gasteiger partial charge in [-0.25, -0.2) is 9.97 Å². The standard InChI is InChI=1S/C21H19Cl2N5O.C21H18Cl2N4O2.Ac/c1-11-12-8-9-16-19(17(12)20(29)25-15(11)7-4-10-24)28(2)21(26-16)27-18-13(22)5-3-6-14(18)23;1-4-15(28)17-10(2)11-8-9-14-19(16(11)20(29)25-17)27(3)21(24-14)26-18-12(22)6-5-7-13(18)23;/h3-9H,10,24H2,1-2H3,(H,25,29)(H,26,27);4-9,15,28H,1H2,2-3H3,(H,24,26)(H,25,29);/b7-4+;;. The van der Waals surface area contributed by atoms with Crippen molar-refractivity contribution in [2.75, 3.05) is 17.2 Å². The molecule has 59 heavy (non-hydrogen) atoms. The predicted molar refractivity (Wildman–Crippen MR) is 240 cm³/mol. The number of anilines is 4. The Labute approximate surface area is 393 Å². The minimum Gasteiger partial charge on any atom is -0.383 e. The van der Waals surface area contributed by atoms with Crippen LogP contribution in [0.4, 0.5) is 23.3 Å². The maximum absolute atomic E-state index is 12.9. The topological polar surface area (TPSA) is 172 Å². The molecule has 1 atom stereocenters. The van der Waals surface area contributed by atoms with Crippen LogP contribution in [-0.4, -0.2) is 40.7 Å².